The summed E-state index contributed by atoms with van der Waals surface area (Å²) in [5.41, 5.74) is 0.905. The summed E-state index contributed by atoms with van der Waals surface area (Å²) >= 11 is 0. The number of piperidine rings is 1. The van der Waals surface area contributed by atoms with Crippen molar-refractivity contribution in [1.29, 1.82) is 0 Å². The van der Waals surface area contributed by atoms with Gasteiger partial charge in [-0.25, -0.2) is 12.7 Å². The maximum absolute atomic E-state index is 12.6. The molecule has 2 rings (SSSR count). The molecule has 134 valence electrons. The van der Waals surface area contributed by atoms with E-state index in [-0.39, 0.29) is 30.2 Å². The van der Waals surface area contributed by atoms with Crippen LogP contribution in [0.5, 0.6) is 5.75 Å². The second-order valence-corrected chi connectivity index (χ2v) is 8.33. The first-order valence-corrected chi connectivity index (χ1v) is 9.91. The minimum atomic E-state index is -3.25. The molecule has 1 amide bonds. The lowest BCUT2D eigenvalue weighted by Crippen LogP contribution is -2.46. The monoisotopic (exact) mass is 354 g/mol. The van der Waals surface area contributed by atoms with Gasteiger partial charge in [0.2, 0.25) is 15.9 Å². The van der Waals surface area contributed by atoms with Crippen LogP contribution in [0, 0.1) is 5.92 Å². The van der Waals surface area contributed by atoms with E-state index in [9.17, 15) is 13.2 Å². The molecule has 0 radical (unpaired) electrons. The number of hydrogen-bond donors (Lipinski definition) is 1. The average molecular weight is 354 g/mol. The zero-order chi connectivity index (χ0) is 17.7. The van der Waals surface area contributed by atoms with Crippen molar-refractivity contribution in [3.8, 4) is 5.75 Å². The van der Waals surface area contributed by atoms with E-state index >= 15 is 0 Å². The third-order valence-electron chi connectivity index (χ3n) is 4.48. The molecule has 0 aliphatic carbocycles. The largest absolute Gasteiger partial charge is 0.496 e. The van der Waals surface area contributed by atoms with Gasteiger partial charge < -0.3 is 10.1 Å². The van der Waals surface area contributed by atoms with Gasteiger partial charge in [0, 0.05) is 18.7 Å². The molecule has 0 bridgehead atoms. The second-order valence-electron chi connectivity index (χ2n) is 6.07. The van der Waals surface area contributed by atoms with E-state index in [4.69, 9.17) is 4.74 Å². The van der Waals surface area contributed by atoms with Crippen LogP contribution < -0.4 is 10.1 Å². The van der Waals surface area contributed by atoms with Crippen molar-refractivity contribution in [2.75, 3.05) is 26.0 Å². The summed E-state index contributed by atoms with van der Waals surface area (Å²) in [5.74, 6) is 0.379. The van der Waals surface area contributed by atoms with Gasteiger partial charge in [0.1, 0.15) is 5.75 Å². The van der Waals surface area contributed by atoms with Gasteiger partial charge in [-0.15, -0.1) is 0 Å². The lowest BCUT2D eigenvalue weighted by molar-refractivity contribution is -0.126. The Balaban J connectivity index is 2.04. The average Bonchev–Trinajstić information content (AvgIpc) is 2.61. The molecule has 2 atom stereocenters. The van der Waals surface area contributed by atoms with Gasteiger partial charge in [0.15, 0.2) is 0 Å². The van der Waals surface area contributed by atoms with Gasteiger partial charge in [-0.05, 0) is 32.8 Å². The maximum atomic E-state index is 12.6. The van der Waals surface area contributed by atoms with Crippen molar-refractivity contribution in [1.82, 2.24) is 9.62 Å². The molecule has 1 heterocycles. The standard InChI is InChI=1S/C17H26N2O4S/c1-4-24(21,22)19-11-7-8-14(12-19)17(20)18-13(2)15-9-5-6-10-16(15)23-3/h5-6,9-10,13-14H,4,7-8,11-12H2,1-3H3,(H,18,20)/t13-,14+/m0/s1. The molecule has 7 heteroatoms. The zero-order valence-electron chi connectivity index (χ0n) is 14.5. The molecule has 1 aromatic carbocycles. The number of carbonyl (C=O) groups excluding carboxylic acids is 1. The van der Waals surface area contributed by atoms with E-state index < -0.39 is 10.0 Å². The number of rotatable bonds is 6. The van der Waals surface area contributed by atoms with Crippen molar-refractivity contribution in [3.05, 3.63) is 29.8 Å². The number of amides is 1. The van der Waals surface area contributed by atoms with Gasteiger partial charge in [-0.2, -0.15) is 0 Å². The van der Waals surface area contributed by atoms with Crippen LogP contribution in [-0.4, -0.2) is 44.6 Å². The minimum Gasteiger partial charge on any atom is -0.496 e. The minimum absolute atomic E-state index is 0.0684. The Labute approximate surface area is 144 Å². The van der Waals surface area contributed by atoms with Crippen molar-refractivity contribution >= 4 is 15.9 Å². The van der Waals surface area contributed by atoms with Crippen molar-refractivity contribution in [3.63, 3.8) is 0 Å². The molecular weight excluding hydrogens is 328 g/mol. The first kappa shape index (κ1) is 18.7. The van der Waals surface area contributed by atoms with Crippen LogP contribution >= 0.6 is 0 Å². The van der Waals surface area contributed by atoms with E-state index in [1.807, 2.05) is 31.2 Å². The number of benzene rings is 1. The van der Waals surface area contributed by atoms with E-state index in [1.165, 1.54) is 4.31 Å². The summed E-state index contributed by atoms with van der Waals surface area (Å²) in [6.07, 6.45) is 1.42. The van der Waals surface area contributed by atoms with Crippen LogP contribution in [0.1, 0.15) is 38.3 Å². The van der Waals surface area contributed by atoms with Gasteiger partial charge in [0.05, 0.1) is 24.8 Å². The lowest BCUT2D eigenvalue weighted by atomic mass is 9.97. The molecule has 6 nitrogen and oxygen atoms in total. The SMILES string of the molecule is CCS(=O)(=O)N1CCC[C@@H](C(=O)N[C@@H](C)c2ccccc2OC)C1. The molecule has 1 fully saturated rings. The predicted octanol–water partition coefficient (Wildman–Crippen LogP) is 1.93. The number of methoxy groups -OCH3 is 1. The second kappa shape index (κ2) is 7.98. The highest BCUT2D eigenvalue weighted by atomic mass is 32.2. The van der Waals surface area contributed by atoms with Crippen LogP contribution in [0.3, 0.4) is 0 Å². The zero-order valence-corrected chi connectivity index (χ0v) is 15.3. The van der Waals surface area contributed by atoms with Gasteiger partial charge >= 0.3 is 0 Å². The number of para-hydroxylation sites is 1. The molecule has 0 unspecified atom stereocenters. The first-order chi connectivity index (χ1) is 11.4. The summed E-state index contributed by atoms with van der Waals surface area (Å²) in [7, 11) is -1.65. The third-order valence-corrected chi connectivity index (χ3v) is 6.33. The number of ether oxygens (including phenoxy) is 1. The Bertz CT molecular complexity index is 675. The maximum Gasteiger partial charge on any atom is 0.224 e. The molecule has 0 spiro atoms. The van der Waals surface area contributed by atoms with E-state index in [0.29, 0.717) is 19.4 Å². The Kier molecular flexibility index (Phi) is 6.23. The van der Waals surface area contributed by atoms with Crippen molar-refractivity contribution in [2.24, 2.45) is 5.92 Å². The number of nitrogens with one attached hydrogen (secondary N) is 1. The van der Waals surface area contributed by atoms with Crippen LogP contribution in [-0.2, 0) is 14.8 Å². The van der Waals surface area contributed by atoms with Gasteiger partial charge in [-0.1, -0.05) is 18.2 Å². The van der Waals surface area contributed by atoms with Crippen molar-refractivity contribution in [2.45, 2.75) is 32.7 Å². The number of sulfonamides is 1. The van der Waals surface area contributed by atoms with E-state index in [2.05, 4.69) is 5.32 Å². The van der Waals surface area contributed by atoms with Crippen molar-refractivity contribution < 1.29 is 17.9 Å². The molecular formula is C17H26N2O4S. The lowest BCUT2D eigenvalue weighted by Gasteiger charge is -2.31. The fourth-order valence-electron chi connectivity index (χ4n) is 3.02. The van der Waals surface area contributed by atoms with Crippen LogP contribution in [0.15, 0.2) is 24.3 Å². The number of hydrogen-bond acceptors (Lipinski definition) is 4. The molecule has 1 aliphatic rings. The van der Waals surface area contributed by atoms with Gasteiger partial charge in [-0.3, -0.25) is 4.79 Å². The van der Waals surface area contributed by atoms with Gasteiger partial charge in [0.25, 0.3) is 0 Å². The normalized spacial score (nSPS) is 20.4. The Morgan fingerprint density at radius 2 is 2.12 bits per heavy atom. The predicted molar refractivity (Wildman–Crippen MR) is 93.3 cm³/mol. The fraction of sp³-hybridized carbons (Fsp3) is 0.588. The van der Waals surface area contributed by atoms with Crippen LogP contribution in [0.2, 0.25) is 0 Å². The third kappa shape index (κ3) is 4.27. The van der Waals surface area contributed by atoms with E-state index in [1.54, 1.807) is 14.0 Å². The smallest absolute Gasteiger partial charge is 0.224 e. The summed E-state index contributed by atoms with van der Waals surface area (Å²) in [4.78, 5) is 12.6. The molecule has 0 saturated carbocycles. The summed E-state index contributed by atoms with van der Waals surface area (Å²) in [6, 6.07) is 7.35. The highest BCUT2D eigenvalue weighted by molar-refractivity contribution is 7.89. The topological polar surface area (TPSA) is 75.7 Å². The molecule has 1 N–H and O–H groups in total. The highest BCUT2D eigenvalue weighted by Gasteiger charge is 2.32. The Morgan fingerprint density at radius 1 is 1.42 bits per heavy atom. The quantitative estimate of drug-likeness (QED) is 0.847. The summed E-state index contributed by atoms with van der Waals surface area (Å²) < 4.78 is 30.8. The Hall–Kier alpha value is -1.60. The fourth-order valence-corrected chi connectivity index (χ4v) is 4.20. The molecule has 1 aromatic rings. The van der Waals surface area contributed by atoms with E-state index in [0.717, 1.165) is 11.3 Å². The molecule has 0 aromatic heterocycles. The number of nitrogens with zero attached hydrogens (tertiary/aromatic N) is 1. The summed E-state index contributed by atoms with van der Waals surface area (Å²) in [6.45, 7) is 4.30. The highest BCUT2D eigenvalue weighted by Crippen LogP contribution is 2.26. The molecule has 1 saturated heterocycles. The summed E-state index contributed by atoms with van der Waals surface area (Å²) in [5, 5.41) is 2.99. The Morgan fingerprint density at radius 3 is 2.79 bits per heavy atom. The molecule has 24 heavy (non-hydrogen) atoms. The number of carbonyl (C=O) groups is 1. The first-order valence-electron chi connectivity index (χ1n) is 8.30. The van der Waals surface area contributed by atoms with Crippen LogP contribution in [0.4, 0.5) is 0 Å². The van der Waals surface area contributed by atoms with Crippen LogP contribution in [0.25, 0.3) is 0 Å². The molecule has 1 aliphatic heterocycles.